The first-order chi connectivity index (χ1) is 12.8. The summed E-state index contributed by atoms with van der Waals surface area (Å²) in [5.41, 5.74) is 1.25. The van der Waals surface area contributed by atoms with E-state index >= 15 is 0 Å². The predicted octanol–water partition coefficient (Wildman–Crippen LogP) is 1.88. The first-order valence-electron chi connectivity index (χ1n) is 7.82. The zero-order valence-corrected chi connectivity index (χ0v) is 13.9. The Kier molecular flexibility index (Phi) is 3.98. The van der Waals surface area contributed by atoms with Crippen molar-refractivity contribution in [2.75, 3.05) is 7.11 Å². The van der Waals surface area contributed by atoms with E-state index in [0.29, 0.717) is 11.5 Å². The van der Waals surface area contributed by atoms with Crippen LogP contribution in [-0.2, 0) is 0 Å². The molecule has 0 atom stereocenters. The molecule has 128 valence electrons. The Hall–Kier alpha value is -3.81. The monoisotopic (exact) mass is 346 g/mol. The molecule has 0 saturated carbocycles. The third-order valence-electron chi connectivity index (χ3n) is 3.78. The van der Waals surface area contributed by atoms with Crippen LogP contribution >= 0.6 is 0 Å². The second kappa shape index (κ2) is 6.60. The topological polar surface area (TPSA) is 87.7 Å². The van der Waals surface area contributed by atoms with Crippen LogP contribution in [0.4, 0.5) is 0 Å². The lowest BCUT2D eigenvalue weighted by Crippen LogP contribution is -2.18. The first kappa shape index (κ1) is 15.7. The van der Waals surface area contributed by atoms with E-state index in [2.05, 4.69) is 20.2 Å². The predicted molar refractivity (Wildman–Crippen MR) is 94.5 cm³/mol. The van der Waals surface area contributed by atoms with Gasteiger partial charge >= 0.3 is 0 Å². The molecule has 0 amide bonds. The Balaban J connectivity index is 1.93. The second-order valence-corrected chi connectivity index (χ2v) is 5.35. The largest absolute Gasteiger partial charge is 0.491 e. The van der Waals surface area contributed by atoms with Crippen LogP contribution in [0.15, 0.2) is 72.2 Å². The molecule has 4 rings (SSSR count). The minimum Gasteiger partial charge on any atom is -0.491 e. The van der Waals surface area contributed by atoms with Gasteiger partial charge in [0, 0.05) is 12.4 Å². The number of methoxy groups -OCH3 is 1. The van der Waals surface area contributed by atoms with Crippen LogP contribution in [0.2, 0.25) is 0 Å². The molecule has 0 aliphatic heterocycles. The molecule has 0 aliphatic carbocycles. The maximum absolute atomic E-state index is 12.8. The summed E-state index contributed by atoms with van der Waals surface area (Å²) in [5.74, 6) is 0.624. The van der Waals surface area contributed by atoms with Crippen LogP contribution in [0.1, 0.15) is 0 Å². The molecule has 0 radical (unpaired) electrons. The molecule has 1 aromatic carbocycles. The number of hydrogen-bond acceptors (Lipinski definition) is 6. The highest BCUT2D eigenvalue weighted by atomic mass is 16.5. The fraction of sp³-hybridized carbons (Fsp3) is 0.0556. The van der Waals surface area contributed by atoms with E-state index in [1.165, 1.54) is 18.0 Å². The summed E-state index contributed by atoms with van der Waals surface area (Å²) >= 11 is 0. The van der Waals surface area contributed by atoms with Crippen LogP contribution in [-0.4, -0.2) is 36.6 Å². The number of nitrogens with zero attached hydrogens (tertiary/aromatic N) is 6. The lowest BCUT2D eigenvalue weighted by molar-refractivity contribution is 0.405. The smallest absolute Gasteiger partial charge is 0.251 e. The van der Waals surface area contributed by atoms with E-state index in [1.54, 1.807) is 35.5 Å². The van der Waals surface area contributed by atoms with Gasteiger partial charge in [-0.2, -0.15) is 10.2 Å². The summed E-state index contributed by atoms with van der Waals surface area (Å²) in [7, 11) is 1.44. The average molecular weight is 346 g/mol. The van der Waals surface area contributed by atoms with Crippen LogP contribution in [0.3, 0.4) is 0 Å². The normalized spacial score (nSPS) is 10.7. The quantitative estimate of drug-likeness (QED) is 0.561. The van der Waals surface area contributed by atoms with Gasteiger partial charge in [0.15, 0.2) is 17.3 Å². The molecule has 4 aromatic rings. The fourth-order valence-electron chi connectivity index (χ4n) is 2.57. The Morgan fingerprint density at radius 2 is 1.88 bits per heavy atom. The van der Waals surface area contributed by atoms with Crippen molar-refractivity contribution < 1.29 is 4.74 Å². The van der Waals surface area contributed by atoms with Crippen molar-refractivity contribution in [3.8, 4) is 28.6 Å². The Labute approximate surface area is 148 Å². The number of benzene rings is 1. The molecule has 0 bridgehead atoms. The van der Waals surface area contributed by atoms with Gasteiger partial charge in [-0.3, -0.25) is 9.78 Å². The van der Waals surface area contributed by atoms with Crippen molar-refractivity contribution in [1.29, 1.82) is 0 Å². The zero-order valence-electron chi connectivity index (χ0n) is 13.9. The van der Waals surface area contributed by atoms with Gasteiger partial charge < -0.3 is 4.74 Å². The minimum atomic E-state index is -0.328. The van der Waals surface area contributed by atoms with Crippen molar-refractivity contribution >= 4 is 0 Å². The molecule has 0 spiro atoms. The lowest BCUT2D eigenvalue weighted by atomic mass is 10.2. The minimum absolute atomic E-state index is 0.154. The molecular weight excluding hydrogens is 332 g/mol. The molecule has 0 N–H and O–H groups in total. The molecule has 3 aromatic heterocycles. The Morgan fingerprint density at radius 3 is 2.62 bits per heavy atom. The van der Waals surface area contributed by atoms with Crippen LogP contribution in [0.25, 0.3) is 22.9 Å². The molecule has 0 unspecified atom stereocenters. The van der Waals surface area contributed by atoms with E-state index in [1.807, 2.05) is 30.3 Å². The van der Waals surface area contributed by atoms with Crippen molar-refractivity contribution in [1.82, 2.24) is 29.5 Å². The van der Waals surface area contributed by atoms with Gasteiger partial charge in [-0.15, -0.1) is 0 Å². The van der Waals surface area contributed by atoms with Gasteiger partial charge in [-0.05, 0) is 18.2 Å². The van der Waals surface area contributed by atoms with Crippen LogP contribution in [0, 0.1) is 0 Å². The zero-order chi connectivity index (χ0) is 17.9. The molecule has 0 aliphatic rings. The molecular formula is C18H14N6O2. The third-order valence-corrected chi connectivity index (χ3v) is 3.78. The molecule has 0 fully saturated rings. The van der Waals surface area contributed by atoms with E-state index < -0.39 is 0 Å². The maximum atomic E-state index is 12.8. The highest BCUT2D eigenvalue weighted by molar-refractivity contribution is 5.59. The first-order valence-corrected chi connectivity index (χ1v) is 7.82. The highest BCUT2D eigenvalue weighted by Gasteiger charge is 2.17. The molecule has 8 heteroatoms. The van der Waals surface area contributed by atoms with Gasteiger partial charge in [0.2, 0.25) is 0 Å². The molecule has 26 heavy (non-hydrogen) atoms. The number of hydrogen-bond donors (Lipinski definition) is 0. The number of ether oxygens (including phenoxy) is 1. The van der Waals surface area contributed by atoms with Crippen molar-refractivity contribution in [3.05, 3.63) is 77.6 Å². The van der Waals surface area contributed by atoms with Crippen molar-refractivity contribution in [2.24, 2.45) is 0 Å². The Morgan fingerprint density at radius 1 is 1.04 bits per heavy atom. The SMILES string of the molecule is COc1cn(-c2cnccn2)nc(-c2ccnn2-c2ccccc2)c1=O. The maximum Gasteiger partial charge on any atom is 0.251 e. The fourth-order valence-corrected chi connectivity index (χ4v) is 2.57. The standard InChI is InChI=1S/C18H14N6O2/c1-26-15-12-23(16-11-19-9-10-20-16)22-17(18(15)25)14-7-8-21-24(14)13-5-3-2-4-6-13/h2-12H,1H3. The summed E-state index contributed by atoms with van der Waals surface area (Å²) in [6.45, 7) is 0. The van der Waals surface area contributed by atoms with E-state index in [-0.39, 0.29) is 16.9 Å². The highest BCUT2D eigenvalue weighted by Crippen LogP contribution is 2.20. The summed E-state index contributed by atoms with van der Waals surface area (Å²) in [5, 5.41) is 8.76. The molecule has 8 nitrogen and oxygen atoms in total. The lowest BCUT2D eigenvalue weighted by Gasteiger charge is -2.11. The number of para-hydroxylation sites is 1. The van der Waals surface area contributed by atoms with Crippen LogP contribution in [0.5, 0.6) is 5.75 Å². The van der Waals surface area contributed by atoms with E-state index in [9.17, 15) is 4.79 Å². The number of rotatable bonds is 4. The molecule has 0 saturated heterocycles. The summed E-state index contributed by atoms with van der Waals surface area (Å²) in [4.78, 5) is 21.0. The van der Waals surface area contributed by atoms with Crippen molar-refractivity contribution in [3.63, 3.8) is 0 Å². The van der Waals surface area contributed by atoms with Crippen molar-refractivity contribution in [2.45, 2.75) is 0 Å². The van der Waals surface area contributed by atoms with E-state index in [4.69, 9.17) is 4.74 Å². The Bertz CT molecular complexity index is 1090. The van der Waals surface area contributed by atoms with Gasteiger partial charge in [-0.25, -0.2) is 14.3 Å². The van der Waals surface area contributed by atoms with Gasteiger partial charge in [0.25, 0.3) is 5.43 Å². The average Bonchev–Trinajstić information content (AvgIpc) is 3.19. The van der Waals surface area contributed by atoms with Gasteiger partial charge in [-0.1, -0.05) is 18.2 Å². The second-order valence-electron chi connectivity index (χ2n) is 5.35. The van der Waals surface area contributed by atoms with Gasteiger partial charge in [0.1, 0.15) is 0 Å². The van der Waals surface area contributed by atoms with Gasteiger partial charge in [0.05, 0.1) is 37.1 Å². The van der Waals surface area contributed by atoms with Crippen LogP contribution < -0.4 is 10.2 Å². The summed E-state index contributed by atoms with van der Waals surface area (Å²) in [6, 6.07) is 11.2. The van der Waals surface area contributed by atoms with E-state index in [0.717, 1.165) is 5.69 Å². The molecule has 3 heterocycles. The third kappa shape index (κ3) is 2.73. The summed E-state index contributed by atoms with van der Waals surface area (Å²) < 4.78 is 8.36. The summed E-state index contributed by atoms with van der Waals surface area (Å²) in [6.07, 6.45) is 7.77. The number of aromatic nitrogens is 6.